The van der Waals surface area contributed by atoms with Crippen LogP contribution in [0.15, 0.2) is 0 Å². The zero-order valence-corrected chi connectivity index (χ0v) is 8.21. The van der Waals surface area contributed by atoms with E-state index in [4.69, 9.17) is 5.73 Å². The number of nitrogens with two attached hydrogens (primary N) is 1. The fourth-order valence-electron chi connectivity index (χ4n) is 1.51. The smallest absolute Gasteiger partial charge is 0.237 e. The topological polar surface area (TPSA) is 84.2 Å². The van der Waals surface area contributed by atoms with Gasteiger partial charge in [0, 0.05) is 13.0 Å². The zero-order valence-electron chi connectivity index (χ0n) is 8.21. The third-order valence-electron chi connectivity index (χ3n) is 2.28. The monoisotopic (exact) mass is 199 g/mol. The highest BCUT2D eigenvalue weighted by atomic mass is 16.2. The molecule has 0 spiro atoms. The Morgan fingerprint density at radius 3 is 2.86 bits per heavy atom. The lowest BCUT2D eigenvalue weighted by Crippen LogP contribution is -2.40. The number of primary amides is 1. The molecule has 1 rings (SSSR count). The molecule has 4 N–H and O–H groups in total. The predicted octanol–water partition coefficient (Wildman–Crippen LogP) is -0.880. The molecule has 2 amide bonds. The summed E-state index contributed by atoms with van der Waals surface area (Å²) in [4.78, 5) is 21.8. The lowest BCUT2D eigenvalue weighted by molar-refractivity contribution is -0.123. The molecule has 5 heteroatoms. The van der Waals surface area contributed by atoms with Crippen LogP contribution in [0.2, 0.25) is 0 Å². The van der Waals surface area contributed by atoms with Gasteiger partial charge in [-0.2, -0.15) is 0 Å². The summed E-state index contributed by atoms with van der Waals surface area (Å²) in [5, 5.41) is 5.87. The van der Waals surface area contributed by atoms with Crippen molar-refractivity contribution in [3.63, 3.8) is 0 Å². The summed E-state index contributed by atoms with van der Waals surface area (Å²) in [5.41, 5.74) is 4.97. The standard InChI is InChI=1S/C9H17N3O2/c10-8(13)4-2-6-12-9(14)7-3-1-5-11-7/h7,11H,1-6H2,(H2,10,13)(H,12,14)/t7-/m1/s1. The van der Waals surface area contributed by atoms with E-state index < -0.39 is 0 Å². The molecular weight excluding hydrogens is 182 g/mol. The van der Waals surface area contributed by atoms with Crippen molar-refractivity contribution in [2.75, 3.05) is 13.1 Å². The van der Waals surface area contributed by atoms with Crippen LogP contribution in [0.1, 0.15) is 25.7 Å². The second kappa shape index (κ2) is 5.59. The third-order valence-corrected chi connectivity index (χ3v) is 2.28. The Balaban J connectivity index is 2.05. The van der Waals surface area contributed by atoms with Crippen LogP contribution in [0.5, 0.6) is 0 Å². The lowest BCUT2D eigenvalue weighted by Gasteiger charge is -2.10. The highest BCUT2D eigenvalue weighted by Crippen LogP contribution is 2.04. The van der Waals surface area contributed by atoms with E-state index in [0.29, 0.717) is 19.4 Å². The first kappa shape index (κ1) is 11.0. The summed E-state index contributed by atoms with van der Waals surface area (Å²) >= 11 is 0. The maximum absolute atomic E-state index is 11.4. The van der Waals surface area contributed by atoms with Gasteiger partial charge in [-0.05, 0) is 25.8 Å². The number of carbonyl (C=O) groups is 2. The number of carbonyl (C=O) groups excluding carboxylic acids is 2. The summed E-state index contributed by atoms with van der Waals surface area (Å²) in [7, 11) is 0. The van der Waals surface area contributed by atoms with Crippen LogP contribution in [0.25, 0.3) is 0 Å². The Morgan fingerprint density at radius 2 is 2.29 bits per heavy atom. The fourth-order valence-corrected chi connectivity index (χ4v) is 1.51. The van der Waals surface area contributed by atoms with Crippen LogP contribution in [0, 0.1) is 0 Å². The van der Waals surface area contributed by atoms with Crippen molar-refractivity contribution in [1.29, 1.82) is 0 Å². The van der Waals surface area contributed by atoms with Gasteiger partial charge in [0.05, 0.1) is 6.04 Å². The zero-order chi connectivity index (χ0) is 10.4. The molecule has 0 aromatic rings. The second-order valence-electron chi connectivity index (χ2n) is 3.51. The normalized spacial score (nSPS) is 20.7. The molecule has 0 aromatic heterocycles. The van der Waals surface area contributed by atoms with Crippen molar-refractivity contribution in [3.05, 3.63) is 0 Å². The Labute approximate surface area is 83.4 Å². The molecule has 80 valence electrons. The summed E-state index contributed by atoms with van der Waals surface area (Å²) < 4.78 is 0. The van der Waals surface area contributed by atoms with E-state index in [1.165, 1.54) is 0 Å². The van der Waals surface area contributed by atoms with E-state index in [9.17, 15) is 9.59 Å². The largest absolute Gasteiger partial charge is 0.370 e. The number of rotatable bonds is 5. The highest BCUT2D eigenvalue weighted by molar-refractivity contribution is 5.82. The minimum absolute atomic E-state index is 0.0342. The van der Waals surface area contributed by atoms with Crippen molar-refractivity contribution >= 4 is 11.8 Å². The molecule has 1 atom stereocenters. The number of hydrogen-bond acceptors (Lipinski definition) is 3. The predicted molar refractivity (Wildman–Crippen MR) is 52.5 cm³/mol. The molecule has 1 aliphatic rings. The van der Waals surface area contributed by atoms with E-state index >= 15 is 0 Å². The highest BCUT2D eigenvalue weighted by Gasteiger charge is 2.20. The van der Waals surface area contributed by atoms with Gasteiger partial charge in [0.2, 0.25) is 11.8 Å². The van der Waals surface area contributed by atoms with E-state index in [-0.39, 0.29) is 17.9 Å². The quantitative estimate of drug-likeness (QED) is 0.503. The van der Waals surface area contributed by atoms with Crippen molar-refractivity contribution in [1.82, 2.24) is 10.6 Å². The fraction of sp³-hybridized carbons (Fsp3) is 0.778. The SMILES string of the molecule is NC(=O)CCCNC(=O)[C@H]1CCCN1. The summed E-state index contributed by atoms with van der Waals surface area (Å²) in [6.45, 7) is 1.44. The van der Waals surface area contributed by atoms with Gasteiger partial charge in [-0.15, -0.1) is 0 Å². The molecule has 0 aromatic carbocycles. The van der Waals surface area contributed by atoms with Gasteiger partial charge < -0.3 is 16.4 Å². The molecule has 1 saturated heterocycles. The minimum atomic E-state index is -0.321. The van der Waals surface area contributed by atoms with Gasteiger partial charge in [0.25, 0.3) is 0 Å². The van der Waals surface area contributed by atoms with Gasteiger partial charge >= 0.3 is 0 Å². The number of nitrogens with one attached hydrogen (secondary N) is 2. The molecule has 0 bridgehead atoms. The Morgan fingerprint density at radius 1 is 1.50 bits per heavy atom. The van der Waals surface area contributed by atoms with Crippen molar-refractivity contribution in [2.45, 2.75) is 31.7 Å². The van der Waals surface area contributed by atoms with Crippen LogP contribution in [0.3, 0.4) is 0 Å². The van der Waals surface area contributed by atoms with Gasteiger partial charge in [-0.25, -0.2) is 0 Å². The minimum Gasteiger partial charge on any atom is -0.370 e. The molecule has 14 heavy (non-hydrogen) atoms. The van der Waals surface area contributed by atoms with Crippen LogP contribution < -0.4 is 16.4 Å². The van der Waals surface area contributed by atoms with Crippen LogP contribution in [0.4, 0.5) is 0 Å². The Kier molecular flexibility index (Phi) is 4.39. The van der Waals surface area contributed by atoms with Gasteiger partial charge in [-0.3, -0.25) is 9.59 Å². The molecule has 5 nitrogen and oxygen atoms in total. The maximum atomic E-state index is 11.4. The van der Waals surface area contributed by atoms with Crippen molar-refractivity contribution < 1.29 is 9.59 Å². The molecule has 1 aliphatic heterocycles. The first-order chi connectivity index (χ1) is 6.70. The molecule has 0 aliphatic carbocycles. The van der Waals surface area contributed by atoms with Gasteiger partial charge in [-0.1, -0.05) is 0 Å². The van der Waals surface area contributed by atoms with Crippen LogP contribution in [-0.2, 0) is 9.59 Å². The van der Waals surface area contributed by atoms with Gasteiger partial charge in [0.1, 0.15) is 0 Å². The molecule has 0 radical (unpaired) electrons. The number of hydrogen-bond donors (Lipinski definition) is 3. The average molecular weight is 199 g/mol. The van der Waals surface area contributed by atoms with Gasteiger partial charge in [0.15, 0.2) is 0 Å². The second-order valence-corrected chi connectivity index (χ2v) is 3.51. The lowest BCUT2D eigenvalue weighted by atomic mass is 10.2. The van der Waals surface area contributed by atoms with E-state index in [1.54, 1.807) is 0 Å². The molecule has 1 fully saturated rings. The third kappa shape index (κ3) is 3.74. The molecule has 0 unspecified atom stereocenters. The Bertz CT molecular complexity index is 212. The summed E-state index contributed by atoms with van der Waals surface area (Å²) in [6.07, 6.45) is 2.91. The molecular formula is C9H17N3O2. The molecule has 1 heterocycles. The summed E-state index contributed by atoms with van der Waals surface area (Å²) in [6, 6.07) is -0.0384. The van der Waals surface area contributed by atoms with E-state index in [1.807, 2.05) is 0 Å². The average Bonchev–Trinajstić information content (AvgIpc) is 2.64. The Hall–Kier alpha value is -1.10. The van der Waals surface area contributed by atoms with E-state index in [2.05, 4.69) is 10.6 Å². The summed E-state index contributed by atoms with van der Waals surface area (Å²) in [5.74, 6) is -0.287. The number of amides is 2. The van der Waals surface area contributed by atoms with Crippen LogP contribution >= 0.6 is 0 Å². The van der Waals surface area contributed by atoms with Crippen LogP contribution in [-0.4, -0.2) is 30.9 Å². The van der Waals surface area contributed by atoms with E-state index in [0.717, 1.165) is 19.4 Å². The molecule has 0 saturated carbocycles. The maximum Gasteiger partial charge on any atom is 0.237 e. The van der Waals surface area contributed by atoms with Crippen molar-refractivity contribution in [3.8, 4) is 0 Å². The first-order valence-electron chi connectivity index (χ1n) is 4.99. The first-order valence-corrected chi connectivity index (χ1v) is 4.99. The van der Waals surface area contributed by atoms with Crippen molar-refractivity contribution in [2.24, 2.45) is 5.73 Å².